The van der Waals surface area contributed by atoms with Crippen LogP contribution in [0.4, 0.5) is 5.95 Å². The van der Waals surface area contributed by atoms with Gasteiger partial charge >= 0.3 is 0 Å². The average Bonchev–Trinajstić information content (AvgIpc) is 2.97. The highest BCUT2D eigenvalue weighted by Gasteiger charge is 2.24. The van der Waals surface area contributed by atoms with Crippen LogP contribution >= 0.6 is 23.4 Å². The van der Waals surface area contributed by atoms with Gasteiger partial charge in [-0.3, -0.25) is 0 Å². The summed E-state index contributed by atoms with van der Waals surface area (Å²) < 4.78 is 29.7. The van der Waals surface area contributed by atoms with Gasteiger partial charge in [-0.05, 0) is 17.7 Å². The predicted octanol–water partition coefficient (Wildman–Crippen LogP) is 6.82. The van der Waals surface area contributed by atoms with Crippen molar-refractivity contribution in [1.82, 2.24) is 15.2 Å². The van der Waals surface area contributed by atoms with Crippen LogP contribution in [0.15, 0.2) is 113 Å². The van der Waals surface area contributed by atoms with Crippen molar-refractivity contribution in [2.75, 3.05) is 4.72 Å². The van der Waals surface area contributed by atoms with E-state index < -0.39 is 10.0 Å². The van der Waals surface area contributed by atoms with Gasteiger partial charge in [0.15, 0.2) is 0 Å². The number of aromatic nitrogens is 3. The van der Waals surface area contributed by atoms with E-state index in [1.807, 2.05) is 97.1 Å². The van der Waals surface area contributed by atoms with E-state index in [2.05, 4.69) is 19.9 Å². The van der Waals surface area contributed by atoms with Gasteiger partial charge in [0, 0.05) is 21.8 Å². The molecule has 10 heteroatoms. The van der Waals surface area contributed by atoms with Crippen LogP contribution in [-0.4, -0.2) is 23.6 Å². The number of benzene rings is 4. The maximum Gasteiger partial charge on any atom is 0.265 e. The first-order chi connectivity index (χ1) is 18.9. The van der Waals surface area contributed by atoms with Gasteiger partial charge in [-0.2, -0.15) is 5.26 Å². The summed E-state index contributed by atoms with van der Waals surface area (Å²) in [5.74, 6) is 0.314. The van der Waals surface area contributed by atoms with Gasteiger partial charge in [-0.25, -0.2) is 18.1 Å². The number of sulfonamides is 1. The van der Waals surface area contributed by atoms with Crippen LogP contribution < -0.4 is 4.72 Å². The number of nitrogens with one attached hydrogen (secondary N) is 1. The molecule has 5 rings (SSSR count). The summed E-state index contributed by atoms with van der Waals surface area (Å²) in [6.07, 6.45) is 0. The van der Waals surface area contributed by atoms with Crippen LogP contribution in [0.3, 0.4) is 0 Å². The third-order valence-electron chi connectivity index (χ3n) is 5.69. The van der Waals surface area contributed by atoms with Crippen molar-refractivity contribution in [3.63, 3.8) is 0 Å². The summed E-state index contributed by atoms with van der Waals surface area (Å²) in [5.41, 5.74) is 3.59. The fourth-order valence-electron chi connectivity index (χ4n) is 3.81. The molecule has 0 atom stereocenters. The number of nitrogens with zero attached hydrogens (tertiary/aromatic N) is 4. The number of nitriles is 1. The van der Waals surface area contributed by atoms with Crippen LogP contribution in [0.1, 0.15) is 11.1 Å². The van der Waals surface area contributed by atoms with Gasteiger partial charge < -0.3 is 0 Å². The average molecular weight is 570 g/mol. The topological polar surface area (TPSA) is 109 Å². The lowest BCUT2D eigenvalue weighted by atomic mass is 10.0. The molecule has 0 aliphatic carbocycles. The molecule has 0 radical (unpaired) electrons. The first kappa shape index (κ1) is 26.4. The molecule has 0 bridgehead atoms. The number of hydrogen-bond donors (Lipinski definition) is 1. The second-order valence-corrected chi connectivity index (χ2v) is 11.4. The highest BCUT2D eigenvalue weighted by Crippen LogP contribution is 2.35. The summed E-state index contributed by atoms with van der Waals surface area (Å²) >= 11 is 7.57. The SMILES string of the molecule is N#Cc1cc(S(=O)(=O)Nc2nnc(-c3ccccc3)c(-c3ccccc3)n2)c(SCc2ccccc2)cc1Cl. The molecule has 0 fully saturated rings. The lowest BCUT2D eigenvalue weighted by Crippen LogP contribution is -2.17. The van der Waals surface area contributed by atoms with Gasteiger partial charge in [0.2, 0.25) is 0 Å². The van der Waals surface area contributed by atoms with Crippen molar-refractivity contribution >= 4 is 39.3 Å². The molecule has 7 nitrogen and oxygen atoms in total. The van der Waals surface area contributed by atoms with Crippen molar-refractivity contribution in [3.05, 3.63) is 119 Å². The van der Waals surface area contributed by atoms with E-state index in [0.717, 1.165) is 16.7 Å². The zero-order chi connectivity index (χ0) is 27.2. The van der Waals surface area contributed by atoms with E-state index in [-0.39, 0.29) is 21.4 Å². The van der Waals surface area contributed by atoms with E-state index in [1.54, 1.807) is 0 Å². The molecule has 0 saturated heterocycles. The largest absolute Gasteiger partial charge is 0.265 e. The van der Waals surface area contributed by atoms with E-state index in [9.17, 15) is 13.7 Å². The molecule has 39 heavy (non-hydrogen) atoms. The minimum atomic E-state index is -4.22. The van der Waals surface area contributed by atoms with Crippen LogP contribution in [0.5, 0.6) is 0 Å². The summed E-state index contributed by atoms with van der Waals surface area (Å²) in [7, 11) is -4.22. The van der Waals surface area contributed by atoms with Crippen molar-refractivity contribution in [3.8, 4) is 28.6 Å². The van der Waals surface area contributed by atoms with Crippen LogP contribution in [0, 0.1) is 11.3 Å². The summed E-state index contributed by atoms with van der Waals surface area (Å²) in [6.45, 7) is 0. The number of rotatable bonds is 8. The second kappa shape index (κ2) is 11.7. The Hall–Kier alpha value is -4.23. The third-order valence-corrected chi connectivity index (χ3v) is 8.62. The zero-order valence-electron chi connectivity index (χ0n) is 20.3. The van der Waals surface area contributed by atoms with Gasteiger partial charge in [-0.1, -0.05) is 103 Å². The van der Waals surface area contributed by atoms with Crippen LogP contribution in [0.25, 0.3) is 22.5 Å². The van der Waals surface area contributed by atoms with E-state index in [1.165, 1.54) is 23.9 Å². The Labute approximate surface area is 235 Å². The molecule has 0 spiro atoms. The van der Waals surface area contributed by atoms with Crippen molar-refractivity contribution in [1.29, 1.82) is 5.26 Å². The highest BCUT2D eigenvalue weighted by atomic mass is 35.5. The number of hydrogen-bond acceptors (Lipinski definition) is 7. The van der Waals surface area contributed by atoms with Crippen molar-refractivity contribution in [2.24, 2.45) is 0 Å². The molecule has 1 N–H and O–H groups in total. The molecule has 1 heterocycles. The molecule has 5 aromatic rings. The quantitative estimate of drug-likeness (QED) is 0.204. The van der Waals surface area contributed by atoms with Gasteiger partial charge in [0.1, 0.15) is 22.4 Å². The summed E-state index contributed by atoms with van der Waals surface area (Å²) in [4.78, 5) is 4.85. The Morgan fingerprint density at radius 2 is 1.41 bits per heavy atom. The molecule has 192 valence electrons. The van der Waals surface area contributed by atoms with E-state index >= 15 is 0 Å². The smallest absolute Gasteiger partial charge is 0.246 e. The molecular weight excluding hydrogens is 550 g/mol. The Bertz CT molecular complexity index is 1760. The molecule has 0 amide bonds. The molecule has 0 aliphatic rings. The molecule has 0 aliphatic heterocycles. The van der Waals surface area contributed by atoms with Gasteiger partial charge in [0.25, 0.3) is 16.0 Å². The normalized spacial score (nSPS) is 11.1. The minimum Gasteiger partial charge on any atom is -0.246 e. The van der Waals surface area contributed by atoms with Gasteiger partial charge in [0.05, 0.1) is 10.6 Å². The molecule has 0 unspecified atom stereocenters. The van der Waals surface area contributed by atoms with Crippen molar-refractivity contribution in [2.45, 2.75) is 15.5 Å². The highest BCUT2D eigenvalue weighted by molar-refractivity contribution is 7.99. The maximum absolute atomic E-state index is 13.6. The minimum absolute atomic E-state index is 0.0459. The fourth-order valence-corrected chi connectivity index (χ4v) is 6.54. The fraction of sp³-hybridized carbons (Fsp3) is 0.0345. The second-order valence-electron chi connectivity index (χ2n) is 8.34. The Morgan fingerprint density at radius 1 is 0.821 bits per heavy atom. The molecule has 4 aromatic carbocycles. The zero-order valence-corrected chi connectivity index (χ0v) is 22.7. The molecule has 1 aromatic heterocycles. The Morgan fingerprint density at radius 3 is 2.03 bits per heavy atom. The van der Waals surface area contributed by atoms with E-state index in [4.69, 9.17) is 11.6 Å². The predicted molar refractivity (Wildman–Crippen MR) is 154 cm³/mol. The maximum atomic E-state index is 13.6. The Kier molecular flexibility index (Phi) is 7.89. The number of thioether (sulfide) groups is 1. The first-order valence-corrected chi connectivity index (χ1v) is 14.6. The van der Waals surface area contributed by atoms with E-state index in [0.29, 0.717) is 22.0 Å². The lowest BCUT2D eigenvalue weighted by Gasteiger charge is -2.14. The molecule has 0 saturated carbocycles. The van der Waals surface area contributed by atoms with Crippen molar-refractivity contribution < 1.29 is 8.42 Å². The lowest BCUT2D eigenvalue weighted by molar-refractivity contribution is 0.598. The summed E-state index contributed by atoms with van der Waals surface area (Å²) in [5, 5.41) is 18.1. The van der Waals surface area contributed by atoms with Gasteiger partial charge in [-0.15, -0.1) is 22.0 Å². The van der Waals surface area contributed by atoms with Crippen LogP contribution in [-0.2, 0) is 15.8 Å². The Balaban J connectivity index is 1.54. The third kappa shape index (κ3) is 6.10. The first-order valence-electron chi connectivity index (χ1n) is 11.7. The molecular formula is C29H20ClN5O2S2. The monoisotopic (exact) mass is 569 g/mol. The number of halogens is 1. The summed E-state index contributed by atoms with van der Waals surface area (Å²) in [6, 6.07) is 33.1. The number of anilines is 1. The standard InChI is InChI=1S/C29H20ClN5O2S2/c30-24-17-25(38-19-20-10-4-1-5-11-20)26(16-23(24)18-31)39(36,37)35-29-32-27(21-12-6-2-7-13-21)28(33-34-29)22-14-8-3-9-15-22/h1-17H,19H2,(H,32,34,35). The van der Waals surface area contributed by atoms with Crippen LogP contribution in [0.2, 0.25) is 5.02 Å².